The summed E-state index contributed by atoms with van der Waals surface area (Å²) in [4.78, 5) is 25.5. The van der Waals surface area contributed by atoms with Crippen molar-refractivity contribution in [2.24, 2.45) is 46.3 Å². The minimum absolute atomic E-state index is 0.00304. The maximum atomic E-state index is 13.3. The topological polar surface area (TPSA) is 74.6 Å². The Bertz CT molecular complexity index is 803. The molecular formula is C28H44O4. The van der Waals surface area contributed by atoms with Gasteiger partial charge in [0.15, 0.2) is 5.78 Å². The Kier molecular flexibility index (Phi) is 6.07. The number of aliphatic hydroxyl groups excluding tert-OH is 1. The summed E-state index contributed by atoms with van der Waals surface area (Å²) in [6, 6.07) is 0. The normalized spacial score (nSPS) is 47.9. The largest absolute Gasteiger partial charge is 0.393 e. The van der Waals surface area contributed by atoms with Crippen LogP contribution in [0.25, 0.3) is 0 Å². The highest BCUT2D eigenvalue weighted by Gasteiger charge is 2.69. The second kappa shape index (κ2) is 8.05. The second-order valence-corrected chi connectivity index (χ2v) is 12.6. The van der Waals surface area contributed by atoms with Crippen LogP contribution in [0.3, 0.4) is 0 Å². The van der Waals surface area contributed by atoms with Crippen molar-refractivity contribution in [2.45, 2.75) is 104 Å². The second-order valence-electron chi connectivity index (χ2n) is 12.6. The number of carbonyl (C=O) groups is 2. The Morgan fingerprint density at radius 1 is 1.16 bits per heavy atom. The maximum Gasteiger partial charge on any atom is 0.165 e. The average molecular weight is 445 g/mol. The molecule has 4 aliphatic rings. The molecular weight excluding hydrogens is 400 g/mol. The van der Waals surface area contributed by atoms with Gasteiger partial charge in [-0.15, -0.1) is 0 Å². The van der Waals surface area contributed by atoms with Crippen molar-refractivity contribution in [1.82, 2.24) is 0 Å². The van der Waals surface area contributed by atoms with Crippen LogP contribution in [0.5, 0.6) is 0 Å². The molecule has 0 aromatic rings. The number of allylic oxidation sites excluding steroid dienone is 1. The summed E-state index contributed by atoms with van der Waals surface area (Å²) in [6.07, 6.45) is 5.98. The number of rotatable bonds is 5. The molecule has 10 atom stereocenters. The summed E-state index contributed by atoms with van der Waals surface area (Å²) in [5.74, 6) is 1.99. The molecule has 4 aliphatic carbocycles. The van der Waals surface area contributed by atoms with Gasteiger partial charge in [-0.05, 0) is 86.4 Å². The van der Waals surface area contributed by atoms with Crippen LogP contribution in [0.4, 0.5) is 0 Å². The van der Waals surface area contributed by atoms with Crippen LogP contribution in [0.1, 0.15) is 92.4 Å². The van der Waals surface area contributed by atoms with Crippen LogP contribution in [0, 0.1) is 46.3 Å². The number of aliphatic hydroxyl groups is 2. The van der Waals surface area contributed by atoms with Crippen LogP contribution < -0.4 is 0 Å². The number of hydrogen-bond donors (Lipinski definition) is 2. The molecule has 0 aromatic heterocycles. The molecule has 4 fully saturated rings. The molecule has 0 aliphatic heterocycles. The first-order valence-electron chi connectivity index (χ1n) is 13.0. The van der Waals surface area contributed by atoms with E-state index in [4.69, 9.17) is 0 Å². The lowest BCUT2D eigenvalue weighted by Gasteiger charge is -2.63. The van der Waals surface area contributed by atoms with E-state index in [0.29, 0.717) is 49.4 Å². The van der Waals surface area contributed by atoms with Gasteiger partial charge in [0.2, 0.25) is 0 Å². The van der Waals surface area contributed by atoms with E-state index in [-0.39, 0.29) is 35.2 Å². The standard InChI is InChI=1S/C28H44O4/c1-16(2)17(3)7-8-18(4)21-9-10-22-20-13-25(31)28(32)15-19(29)11-12-26(28,5)23(20)14-24(30)27(21,22)6/h17-18,20-24,30,32H,1,7-15H2,2-6H3/t17-,18-,20+,21-,22+,23+,24-,26-,27-,28+/m1/s1. The minimum Gasteiger partial charge on any atom is -0.393 e. The first-order valence-corrected chi connectivity index (χ1v) is 13.0. The molecule has 0 heterocycles. The Morgan fingerprint density at radius 2 is 1.84 bits per heavy atom. The van der Waals surface area contributed by atoms with Crippen molar-refractivity contribution in [2.75, 3.05) is 0 Å². The zero-order valence-corrected chi connectivity index (χ0v) is 20.8. The van der Waals surface area contributed by atoms with E-state index in [2.05, 4.69) is 34.3 Å². The van der Waals surface area contributed by atoms with E-state index < -0.39 is 17.1 Å². The predicted octanol–water partition coefficient (Wildman–Crippen LogP) is 5.11. The Labute approximate surface area is 194 Å². The number of ketones is 2. The van der Waals surface area contributed by atoms with Crippen LogP contribution in [0.15, 0.2) is 12.2 Å². The molecule has 180 valence electrons. The molecule has 4 saturated carbocycles. The van der Waals surface area contributed by atoms with Crippen LogP contribution in [-0.2, 0) is 9.59 Å². The summed E-state index contributed by atoms with van der Waals surface area (Å²) < 4.78 is 0. The lowest BCUT2D eigenvalue weighted by atomic mass is 9.42. The van der Waals surface area contributed by atoms with Crippen molar-refractivity contribution in [1.29, 1.82) is 0 Å². The van der Waals surface area contributed by atoms with Gasteiger partial charge in [0.25, 0.3) is 0 Å². The number of Topliss-reactive ketones (excluding diaryl/α,β-unsaturated/α-hetero) is 2. The minimum atomic E-state index is -1.54. The molecule has 0 spiro atoms. The molecule has 0 unspecified atom stereocenters. The quantitative estimate of drug-likeness (QED) is 0.578. The van der Waals surface area contributed by atoms with E-state index in [1.54, 1.807) is 0 Å². The molecule has 4 heteroatoms. The average Bonchev–Trinajstić information content (AvgIpc) is 3.08. The molecule has 32 heavy (non-hydrogen) atoms. The molecule has 0 bridgehead atoms. The third kappa shape index (κ3) is 3.30. The summed E-state index contributed by atoms with van der Waals surface area (Å²) in [7, 11) is 0. The monoisotopic (exact) mass is 444 g/mol. The zero-order valence-electron chi connectivity index (χ0n) is 20.8. The van der Waals surface area contributed by atoms with Gasteiger partial charge in [-0.2, -0.15) is 0 Å². The van der Waals surface area contributed by atoms with Gasteiger partial charge in [0.05, 0.1) is 6.10 Å². The van der Waals surface area contributed by atoms with Crippen molar-refractivity contribution < 1.29 is 19.8 Å². The van der Waals surface area contributed by atoms with Crippen molar-refractivity contribution in [3.63, 3.8) is 0 Å². The highest BCUT2D eigenvalue weighted by molar-refractivity contribution is 5.96. The van der Waals surface area contributed by atoms with Crippen LogP contribution >= 0.6 is 0 Å². The highest BCUT2D eigenvalue weighted by Crippen LogP contribution is 2.68. The Hall–Kier alpha value is -1.00. The van der Waals surface area contributed by atoms with E-state index in [1.807, 2.05) is 6.92 Å². The fourth-order valence-corrected chi connectivity index (χ4v) is 8.72. The molecule has 0 amide bonds. The first-order chi connectivity index (χ1) is 14.9. The SMILES string of the molecule is C=C(C)[C@H](C)CC[C@@H](C)[C@H]1CC[C@H]2[C@@H]3CC(=O)[C@@]4(O)CC(=O)CC[C@]4(C)[C@H]3C[C@@H](O)[C@]12C. The highest BCUT2D eigenvalue weighted by atomic mass is 16.3. The Balaban J connectivity index is 1.59. The van der Waals surface area contributed by atoms with Gasteiger partial charge in [0.1, 0.15) is 11.4 Å². The third-order valence-electron chi connectivity index (χ3n) is 11.2. The van der Waals surface area contributed by atoms with Gasteiger partial charge in [0, 0.05) is 24.7 Å². The van der Waals surface area contributed by atoms with Gasteiger partial charge in [-0.3, -0.25) is 9.59 Å². The number of fused-ring (bicyclic) bond motifs is 5. The van der Waals surface area contributed by atoms with Gasteiger partial charge >= 0.3 is 0 Å². The van der Waals surface area contributed by atoms with Crippen LogP contribution in [0.2, 0.25) is 0 Å². The van der Waals surface area contributed by atoms with Crippen molar-refractivity contribution >= 4 is 11.6 Å². The fraction of sp³-hybridized carbons (Fsp3) is 0.857. The lowest BCUT2D eigenvalue weighted by molar-refractivity contribution is -0.217. The summed E-state index contributed by atoms with van der Waals surface area (Å²) >= 11 is 0. The first kappa shape index (κ1) is 24.1. The van der Waals surface area contributed by atoms with Gasteiger partial charge < -0.3 is 10.2 Å². The molecule has 4 rings (SSSR count). The molecule has 4 nitrogen and oxygen atoms in total. The molecule has 2 N–H and O–H groups in total. The van der Waals surface area contributed by atoms with E-state index >= 15 is 0 Å². The summed E-state index contributed by atoms with van der Waals surface area (Å²) in [5, 5.41) is 23.1. The maximum absolute atomic E-state index is 13.3. The predicted molar refractivity (Wildman–Crippen MR) is 126 cm³/mol. The fourth-order valence-electron chi connectivity index (χ4n) is 8.72. The van der Waals surface area contributed by atoms with Crippen LogP contribution in [-0.4, -0.2) is 33.5 Å². The van der Waals surface area contributed by atoms with Crippen molar-refractivity contribution in [3.8, 4) is 0 Å². The van der Waals surface area contributed by atoms with E-state index in [1.165, 1.54) is 5.57 Å². The summed E-state index contributed by atoms with van der Waals surface area (Å²) in [5.41, 5.74) is -1.09. The number of hydrogen-bond acceptors (Lipinski definition) is 4. The molecule has 0 saturated heterocycles. The van der Waals surface area contributed by atoms with Gasteiger partial charge in [-0.1, -0.05) is 39.8 Å². The Morgan fingerprint density at radius 3 is 2.50 bits per heavy atom. The molecule has 0 radical (unpaired) electrons. The zero-order chi connectivity index (χ0) is 23.6. The molecule has 0 aromatic carbocycles. The number of carbonyl (C=O) groups excluding carboxylic acids is 2. The van der Waals surface area contributed by atoms with E-state index in [0.717, 1.165) is 25.7 Å². The summed E-state index contributed by atoms with van der Waals surface area (Å²) in [6.45, 7) is 15.1. The lowest BCUT2D eigenvalue weighted by Crippen LogP contribution is -2.68. The van der Waals surface area contributed by atoms with E-state index in [9.17, 15) is 19.8 Å². The smallest absolute Gasteiger partial charge is 0.165 e. The van der Waals surface area contributed by atoms with Crippen molar-refractivity contribution in [3.05, 3.63) is 12.2 Å². The van der Waals surface area contributed by atoms with Gasteiger partial charge in [-0.25, -0.2) is 0 Å². The third-order valence-corrected chi connectivity index (χ3v) is 11.2.